The van der Waals surface area contributed by atoms with Crippen molar-refractivity contribution in [2.45, 2.75) is 30.8 Å². The fraction of sp³-hybridized carbons (Fsp3) is 0.778. The molecule has 0 saturated heterocycles. The molecule has 0 saturated carbocycles. The minimum Gasteiger partial charge on any atom is -0.355 e. The molecule has 96 valence electrons. The van der Waals surface area contributed by atoms with E-state index in [2.05, 4.69) is 26.2 Å². The first kappa shape index (κ1) is 13.9. The Labute approximate surface area is 105 Å². The van der Waals surface area contributed by atoms with Gasteiger partial charge >= 0.3 is 0 Å². The fourth-order valence-corrected chi connectivity index (χ4v) is 2.01. The topological polar surface area (TPSA) is 84.7 Å². The lowest BCUT2D eigenvalue weighted by atomic mass is 10.4. The van der Waals surface area contributed by atoms with Crippen molar-refractivity contribution in [3.05, 3.63) is 0 Å². The van der Waals surface area contributed by atoms with Crippen LogP contribution in [0.2, 0.25) is 0 Å². The second-order valence-corrected chi connectivity index (χ2v) is 4.75. The number of tetrazole rings is 1. The molecule has 1 aromatic rings. The summed E-state index contributed by atoms with van der Waals surface area (Å²) in [5.74, 6) is 0.000617. The van der Waals surface area contributed by atoms with Crippen LogP contribution >= 0.6 is 11.8 Å². The number of nitrogens with zero attached hydrogens (tertiary/aromatic N) is 4. The molecule has 0 radical (unpaired) electrons. The van der Waals surface area contributed by atoms with Gasteiger partial charge in [0, 0.05) is 13.1 Å². The first-order chi connectivity index (χ1) is 8.19. The Bertz CT molecular complexity index is 355. The van der Waals surface area contributed by atoms with Gasteiger partial charge in [0.2, 0.25) is 11.1 Å². The normalized spacial score (nSPS) is 12.4. The monoisotopic (exact) mass is 258 g/mol. The average Bonchev–Trinajstić information content (AvgIpc) is 2.74. The van der Waals surface area contributed by atoms with Gasteiger partial charge in [0.25, 0.3) is 0 Å². The zero-order chi connectivity index (χ0) is 12.7. The van der Waals surface area contributed by atoms with Crippen molar-refractivity contribution in [2.24, 2.45) is 0 Å². The van der Waals surface area contributed by atoms with Gasteiger partial charge in [-0.3, -0.25) is 4.79 Å². The molecule has 0 bridgehead atoms. The Morgan fingerprint density at radius 3 is 3.00 bits per heavy atom. The van der Waals surface area contributed by atoms with Gasteiger partial charge in [-0.25, -0.2) is 4.68 Å². The third kappa shape index (κ3) is 4.31. The predicted octanol–water partition coefficient (Wildman–Crippen LogP) is -0.491. The molecular formula is C9H18N6OS. The molecule has 1 atom stereocenters. The molecule has 0 aliphatic carbocycles. The Balaban J connectivity index is 2.55. The highest BCUT2D eigenvalue weighted by molar-refractivity contribution is 8.00. The Kier molecular flexibility index (Phi) is 5.92. The molecule has 1 rings (SSSR count). The first-order valence-electron chi connectivity index (χ1n) is 5.54. The summed E-state index contributed by atoms with van der Waals surface area (Å²) >= 11 is 1.36. The van der Waals surface area contributed by atoms with Gasteiger partial charge in [0.1, 0.15) is 0 Å². The third-order valence-corrected chi connectivity index (χ3v) is 3.15. The number of hydrogen-bond acceptors (Lipinski definition) is 6. The van der Waals surface area contributed by atoms with E-state index in [1.807, 2.05) is 20.9 Å². The number of carbonyl (C=O) groups is 1. The minimum absolute atomic E-state index is 0.000617. The van der Waals surface area contributed by atoms with Gasteiger partial charge in [-0.2, -0.15) is 0 Å². The van der Waals surface area contributed by atoms with E-state index >= 15 is 0 Å². The van der Waals surface area contributed by atoms with Crippen LogP contribution in [0.1, 0.15) is 13.8 Å². The van der Waals surface area contributed by atoms with Gasteiger partial charge in [-0.15, -0.1) is 5.10 Å². The zero-order valence-corrected chi connectivity index (χ0v) is 11.1. The standard InChI is InChI=1S/C9H18N6OS/c1-4-11-8(16)7(2)17-9-12-13-14-15(9)6-5-10-3/h7,10H,4-6H2,1-3H3,(H,11,16). The number of carbonyl (C=O) groups excluding carboxylic acids is 1. The van der Waals surface area contributed by atoms with E-state index in [1.165, 1.54) is 11.8 Å². The van der Waals surface area contributed by atoms with Crippen LogP contribution in [0.4, 0.5) is 0 Å². The van der Waals surface area contributed by atoms with Crippen LogP contribution in [0, 0.1) is 0 Å². The van der Waals surface area contributed by atoms with E-state index < -0.39 is 0 Å². The van der Waals surface area contributed by atoms with E-state index in [1.54, 1.807) is 4.68 Å². The van der Waals surface area contributed by atoms with Crippen LogP contribution in [0.5, 0.6) is 0 Å². The van der Waals surface area contributed by atoms with Crippen LogP contribution in [-0.4, -0.2) is 51.5 Å². The van der Waals surface area contributed by atoms with Crippen LogP contribution in [0.25, 0.3) is 0 Å². The van der Waals surface area contributed by atoms with Gasteiger partial charge in [-0.05, 0) is 31.3 Å². The summed E-state index contributed by atoms with van der Waals surface area (Å²) in [4.78, 5) is 11.6. The maximum Gasteiger partial charge on any atom is 0.233 e. The summed E-state index contributed by atoms with van der Waals surface area (Å²) in [5.41, 5.74) is 0. The summed E-state index contributed by atoms with van der Waals surface area (Å²) in [5, 5.41) is 17.7. The van der Waals surface area contributed by atoms with Gasteiger partial charge in [0.15, 0.2) is 0 Å². The van der Waals surface area contributed by atoms with Crippen molar-refractivity contribution in [3.63, 3.8) is 0 Å². The Morgan fingerprint density at radius 2 is 2.35 bits per heavy atom. The van der Waals surface area contributed by atoms with E-state index in [0.29, 0.717) is 18.2 Å². The lowest BCUT2D eigenvalue weighted by molar-refractivity contribution is -0.120. The van der Waals surface area contributed by atoms with E-state index in [-0.39, 0.29) is 11.2 Å². The molecule has 0 fully saturated rings. The molecule has 7 nitrogen and oxygen atoms in total. The average molecular weight is 258 g/mol. The van der Waals surface area contributed by atoms with Gasteiger partial charge in [0.05, 0.1) is 11.8 Å². The maximum atomic E-state index is 11.6. The lowest BCUT2D eigenvalue weighted by Crippen LogP contribution is -2.30. The largest absolute Gasteiger partial charge is 0.355 e. The van der Waals surface area contributed by atoms with E-state index in [0.717, 1.165) is 6.54 Å². The van der Waals surface area contributed by atoms with E-state index in [9.17, 15) is 4.79 Å². The highest BCUT2D eigenvalue weighted by Gasteiger charge is 2.17. The summed E-state index contributed by atoms with van der Waals surface area (Å²) in [7, 11) is 1.87. The molecular weight excluding hydrogens is 240 g/mol. The molecule has 0 aromatic carbocycles. The predicted molar refractivity (Wildman–Crippen MR) is 65.7 cm³/mol. The van der Waals surface area contributed by atoms with Crippen LogP contribution in [0.3, 0.4) is 0 Å². The molecule has 1 heterocycles. The molecule has 2 N–H and O–H groups in total. The zero-order valence-electron chi connectivity index (χ0n) is 10.3. The molecule has 0 spiro atoms. The highest BCUT2D eigenvalue weighted by atomic mass is 32.2. The number of hydrogen-bond donors (Lipinski definition) is 2. The molecule has 8 heteroatoms. The van der Waals surface area contributed by atoms with Crippen molar-refractivity contribution < 1.29 is 4.79 Å². The van der Waals surface area contributed by atoms with E-state index in [4.69, 9.17) is 0 Å². The number of likely N-dealkylation sites (N-methyl/N-ethyl adjacent to an activating group) is 1. The Hall–Kier alpha value is -1.15. The molecule has 1 amide bonds. The number of aromatic nitrogens is 4. The fourth-order valence-electron chi connectivity index (χ4n) is 1.17. The molecule has 1 aromatic heterocycles. The second-order valence-electron chi connectivity index (χ2n) is 3.44. The minimum atomic E-state index is -0.200. The summed E-state index contributed by atoms with van der Waals surface area (Å²) in [6.07, 6.45) is 0. The molecule has 0 aliphatic rings. The number of amides is 1. The number of nitrogens with one attached hydrogen (secondary N) is 2. The highest BCUT2D eigenvalue weighted by Crippen LogP contribution is 2.19. The molecule has 17 heavy (non-hydrogen) atoms. The van der Waals surface area contributed by atoms with Crippen LogP contribution < -0.4 is 10.6 Å². The van der Waals surface area contributed by atoms with Crippen LogP contribution in [0.15, 0.2) is 5.16 Å². The Morgan fingerprint density at radius 1 is 1.59 bits per heavy atom. The maximum absolute atomic E-state index is 11.6. The number of thioether (sulfide) groups is 1. The SMILES string of the molecule is CCNC(=O)C(C)Sc1nnnn1CCNC. The third-order valence-electron chi connectivity index (χ3n) is 2.08. The van der Waals surface area contributed by atoms with Crippen molar-refractivity contribution >= 4 is 17.7 Å². The van der Waals surface area contributed by atoms with Crippen molar-refractivity contribution in [1.29, 1.82) is 0 Å². The van der Waals surface area contributed by atoms with Gasteiger partial charge < -0.3 is 10.6 Å². The second kappa shape index (κ2) is 7.23. The molecule has 0 aliphatic heterocycles. The summed E-state index contributed by atoms with van der Waals surface area (Å²) < 4.78 is 1.69. The summed E-state index contributed by atoms with van der Waals surface area (Å²) in [6.45, 7) is 5.84. The van der Waals surface area contributed by atoms with Crippen molar-refractivity contribution in [2.75, 3.05) is 20.1 Å². The lowest BCUT2D eigenvalue weighted by Gasteiger charge is -2.10. The van der Waals surface area contributed by atoms with Crippen LogP contribution in [-0.2, 0) is 11.3 Å². The van der Waals surface area contributed by atoms with Crippen molar-refractivity contribution in [3.8, 4) is 0 Å². The quantitative estimate of drug-likeness (QED) is 0.642. The number of rotatable bonds is 7. The molecule has 1 unspecified atom stereocenters. The first-order valence-corrected chi connectivity index (χ1v) is 6.42. The summed E-state index contributed by atoms with van der Waals surface area (Å²) in [6, 6.07) is 0. The van der Waals surface area contributed by atoms with Gasteiger partial charge in [-0.1, -0.05) is 11.8 Å². The van der Waals surface area contributed by atoms with Crippen molar-refractivity contribution in [1.82, 2.24) is 30.8 Å². The smallest absolute Gasteiger partial charge is 0.233 e.